The van der Waals surface area contributed by atoms with E-state index in [1.807, 2.05) is 7.05 Å². The molecule has 0 aliphatic carbocycles. The van der Waals surface area contributed by atoms with Crippen LogP contribution in [0.1, 0.15) is 16.2 Å². The first kappa shape index (κ1) is 12.9. The van der Waals surface area contributed by atoms with Gasteiger partial charge in [-0.25, -0.2) is 0 Å². The van der Waals surface area contributed by atoms with Crippen LogP contribution in [0.15, 0.2) is 29.4 Å². The standard InChI is InChI=1S/C11H11ClN4OS/c1-16-6-14-15-10(16)5-13-11(17)8-4-7(18)2-3-9(8)12/h2-4,6,18H,5H2,1H3,(H,13,17). The number of aryl methyl sites for hydroxylation is 1. The van der Waals surface area contributed by atoms with Crippen molar-refractivity contribution in [3.63, 3.8) is 0 Å². The van der Waals surface area contributed by atoms with Crippen molar-refractivity contribution in [1.29, 1.82) is 0 Å². The number of benzene rings is 1. The fourth-order valence-electron chi connectivity index (χ4n) is 1.41. The van der Waals surface area contributed by atoms with Gasteiger partial charge in [-0.3, -0.25) is 4.79 Å². The van der Waals surface area contributed by atoms with Crippen molar-refractivity contribution in [2.45, 2.75) is 11.4 Å². The van der Waals surface area contributed by atoms with Gasteiger partial charge >= 0.3 is 0 Å². The summed E-state index contributed by atoms with van der Waals surface area (Å²) in [6, 6.07) is 4.99. The van der Waals surface area contributed by atoms with Crippen LogP contribution in [-0.2, 0) is 13.6 Å². The van der Waals surface area contributed by atoms with E-state index in [0.717, 1.165) is 0 Å². The minimum atomic E-state index is -0.265. The maximum absolute atomic E-state index is 11.9. The Hall–Kier alpha value is -1.53. The number of halogens is 1. The molecule has 0 aliphatic heterocycles. The molecule has 0 radical (unpaired) electrons. The molecule has 0 unspecified atom stereocenters. The maximum atomic E-state index is 11.9. The van der Waals surface area contributed by atoms with Crippen molar-refractivity contribution in [2.24, 2.45) is 7.05 Å². The Bertz CT molecular complexity index is 584. The number of thiol groups is 1. The predicted molar refractivity (Wildman–Crippen MR) is 70.9 cm³/mol. The number of nitrogens with zero attached hydrogens (tertiary/aromatic N) is 3. The maximum Gasteiger partial charge on any atom is 0.253 e. The molecule has 7 heteroatoms. The first-order valence-corrected chi connectivity index (χ1v) is 6.00. The van der Waals surface area contributed by atoms with Gasteiger partial charge in [-0.15, -0.1) is 22.8 Å². The molecule has 18 heavy (non-hydrogen) atoms. The normalized spacial score (nSPS) is 10.4. The lowest BCUT2D eigenvalue weighted by atomic mass is 10.2. The van der Waals surface area contributed by atoms with Crippen LogP contribution in [-0.4, -0.2) is 20.7 Å². The highest BCUT2D eigenvalue weighted by atomic mass is 35.5. The van der Waals surface area contributed by atoms with E-state index in [2.05, 4.69) is 28.1 Å². The van der Waals surface area contributed by atoms with Crippen LogP contribution in [0.4, 0.5) is 0 Å². The Kier molecular flexibility index (Phi) is 3.88. The van der Waals surface area contributed by atoms with Crippen LogP contribution in [0, 0.1) is 0 Å². The number of hydrogen-bond donors (Lipinski definition) is 2. The van der Waals surface area contributed by atoms with Crippen LogP contribution >= 0.6 is 24.2 Å². The highest BCUT2D eigenvalue weighted by Crippen LogP contribution is 2.19. The zero-order chi connectivity index (χ0) is 13.1. The van der Waals surface area contributed by atoms with E-state index in [1.54, 1.807) is 29.1 Å². The summed E-state index contributed by atoms with van der Waals surface area (Å²) in [5.74, 6) is 0.403. The summed E-state index contributed by atoms with van der Waals surface area (Å²) in [5.41, 5.74) is 0.395. The smallest absolute Gasteiger partial charge is 0.253 e. The number of carbonyl (C=O) groups is 1. The van der Waals surface area contributed by atoms with E-state index < -0.39 is 0 Å². The second-order valence-electron chi connectivity index (χ2n) is 3.70. The Morgan fingerprint density at radius 3 is 3.00 bits per heavy atom. The second kappa shape index (κ2) is 5.41. The van der Waals surface area contributed by atoms with Gasteiger partial charge in [0.15, 0.2) is 5.82 Å². The van der Waals surface area contributed by atoms with Crippen LogP contribution < -0.4 is 5.32 Å². The first-order chi connectivity index (χ1) is 8.58. The van der Waals surface area contributed by atoms with Crippen molar-refractivity contribution in [3.8, 4) is 0 Å². The Balaban J connectivity index is 2.08. The molecular formula is C11H11ClN4OS. The van der Waals surface area contributed by atoms with Gasteiger partial charge in [-0.1, -0.05) is 11.6 Å². The minimum Gasteiger partial charge on any atom is -0.345 e. The minimum absolute atomic E-state index is 0.265. The topological polar surface area (TPSA) is 59.8 Å². The van der Waals surface area contributed by atoms with Crippen molar-refractivity contribution in [3.05, 3.63) is 40.9 Å². The average Bonchev–Trinajstić information content (AvgIpc) is 2.75. The fourth-order valence-corrected chi connectivity index (χ4v) is 1.82. The van der Waals surface area contributed by atoms with Gasteiger partial charge < -0.3 is 9.88 Å². The Morgan fingerprint density at radius 2 is 2.33 bits per heavy atom. The molecular weight excluding hydrogens is 272 g/mol. The van der Waals surface area contributed by atoms with Gasteiger partial charge in [0.2, 0.25) is 0 Å². The van der Waals surface area contributed by atoms with Gasteiger partial charge in [0.25, 0.3) is 5.91 Å². The molecule has 0 saturated carbocycles. The SMILES string of the molecule is Cn1cnnc1CNC(=O)c1cc(S)ccc1Cl. The molecule has 94 valence electrons. The molecule has 2 aromatic rings. The third kappa shape index (κ3) is 2.83. The van der Waals surface area contributed by atoms with Crippen molar-refractivity contribution >= 4 is 30.1 Å². The summed E-state index contributed by atoms with van der Waals surface area (Å²) in [7, 11) is 1.81. The summed E-state index contributed by atoms with van der Waals surface area (Å²) in [4.78, 5) is 12.6. The largest absolute Gasteiger partial charge is 0.345 e. The zero-order valence-electron chi connectivity index (χ0n) is 9.59. The van der Waals surface area contributed by atoms with Gasteiger partial charge in [0, 0.05) is 11.9 Å². The number of aromatic nitrogens is 3. The number of amides is 1. The molecule has 5 nitrogen and oxygen atoms in total. The van der Waals surface area contributed by atoms with Gasteiger partial charge in [0.1, 0.15) is 6.33 Å². The molecule has 1 amide bonds. The third-order valence-corrected chi connectivity index (χ3v) is 3.01. The average molecular weight is 283 g/mol. The zero-order valence-corrected chi connectivity index (χ0v) is 11.2. The molecule has 0 spiro atoms. The predicted octanol–water partition coefficient (Wildman–Crippen LogP) is 1.69. The molecule has 0 saturated heterocycles. The van der Waals surface area contributed by atoms with Gasteiger partial charge in [-0.2, -0.15) is 0 Å². The van der Waals surface area contributed by atoms with E-state index in [1.165, 1.54) is 0 Å². The lowest BCUT2D eigenvalue weighted by Crippen LogP contribution is -2.24. The Morgan fingerprint density at radius 1 is 1.56 bits per heavy atom. The molecule has 1 aromatic heterocycles. The van der Waals surface area contributed by atoms with Crippen LogP contribution in [0.5, 0.6) is 0 Å². The monoisotopic (exact) mass is 282 g/mol. The molecule has 0 atom stereocenters. The van der Waals surface area contributed by atoms with Crippen molar-refractivity contribution in [1.82, 2.24) is 20.1 Å². The van der Waals surface area contributed by atoms with Gasteiger partial charge in [0.05, 0.1) is 17.1 Å². The molecule has 0 aliphatic rings. The number of hydrogen-bond acceptors (Lipinski definition) is 4. The summed E-state index contributed by atoms with van der Waals surface area (Å²) in [5, 5.41) is 10.7. The quantitative estimate of drug-likeness (QED) is 0.842. The van der Waals surface area contributed by atoms with Crippen molar-refractivity contribution < 1.29 is 4.79 Å². The lowest BCUT2D eigenvalue weighted by molar-refractivity contribution is 0.0949. The van der Waals surface area contributed by atoms with Crippen LogP contribution in [0.2, 0.25) is 5.02 Å². The number of rotatable bonds is 3. The van der Waals surface area contributed by atoms with E-state index in [9.17, 15) is 4.79 Å². The van der Waals surface area contributed by atoms with Gasteiger partial charge in [-0.05, 0) is 18.2 Å². The highest BCUT2D eigenvalue weighted by Gasteiger charge is 2.11. The summed E-state index contributed by atoms with van der Waals surface area (Å²) >= 11 is 10.1. The van der Waals surface area contributed by atoms with E-state index in [0.29, 0.717) is 27.9 Å². The molecule has 1 N–H and O–H groups in total. The van der Waals surface area contributed by atoms with Crippen molar-refractivity contribution in [2.75, 3.05) is 0 Å². The molecule has 0 bridgehead atoms. The molecule has 0 fully saturated rings. The third-order valence-electron chi connectivity index (χ3n) is 2.41. The van der Waals surface area contributed by atoms with E-state index >= 15 is 0 Å². The fraction of sp³-hybridized carbons (Fsp3) is 0.182. The second-order valence-corrected chi connectivity index (χ2v) is 4.63. The summed E-state index contributed by atoms with van der Waals surface area (Å²) in [6.07, 6.45) is 1.57. The highest BCUT2D eigenvalue weighted by molar-refractivity contribution is 7.80. The van der Waals surface area contributed by atoms with E-state index in [-0.39, 0.29) is 5.91 Å². The first-order valence-electron chi connectivity index (χ1n) is 5.17. The summed E-state index contributed by atoms with van der Waals surface area (Å²) < 4.78 is 1.73. The van der Waals surface area contributed by atoms with E-state index in [4.69, 9.17) is 11.6 Å². The Labute approximate surface area is 115 Å². The molecule has 1 heterocycles. The summed E-state index contributed by atoms with van der Waals surface area (Å²) in [6.45, 7) is 0.294. The molecule has 2 rings (SSSR count). The van der Waals surface area contributed by atoms with Crippen LogP contribution in [0.3, 0.4) is 0 Å². The number of carbonyl (C=O) groups excluding carboxylic acids is 1. The molecule has 1 aromatic carbocycles. The van der Waals surface area contributed by atoms with Crippen LogP contribution in [0.25, 0.3) is 0 Å². The lowest BCUT2D eigenvalue weighted by Gasteiger charge is -2.06. The number of nitrogens with one attached hydrogen (secondary N) is 1.